The number of carbonyl (C=O) groups excluding carboxylic acids is 1. The average molecular weight is 463 g/mol. The van der Waals surface area contributed by atoms with Crippen LogP contribution in [-0.2, 0) is 0 Å². The summed E-state index contributed by atoms with van der Waals surface area (Å²) in [6.45, 7) is 1.51. The van der Waals surface area contributed by atoms with Gasteiger partial charge in [-0.1, -0.05) is 0 Å². The van der Waals surface area contributed by atoms with E-state index >= 15 is 0 Å². The summed E-state index contributed by atoms with van der Waals surface area (Å²) >= 11 is 4.30. The lowest BCUT2D eigenvalue weighted by molar-refractivity contribution is 0.101. The first kappa shape index (κ1) is 13.5. The van der Waals surface area contributed by atoms with Crippen LogP contribution in [0, 0.1) is 18.7 Å². The molecule has 1 aromatic carbocycles. The molecule has 0 atom stereocenters. The lowest BCUT2D eigenvalue weighted by Gasteiger charge is -2.09. The average Bonchev–Trinajstić information content (AvgIpc) is 2.69. The first-order valence-electron chi connectivity index (χ1n) is 4.98. The molecule has 0 aliphatic carbocycles. The Bertz CT molecular complexity index is 670. The highest BCUT2D eigenvalue weighted by Gasteiger charge is 2.14. The van der Waals surface area contributed by atoms with Crippen LogP contribution in [0.15, 0.2) is 24.5 Å². The van der Waals surface area contributed by atoms with Gasteiger partial charge in [-0.15, -0.1) is 0 Å². The second-order valence-corrected chi connectivity index (χ2v) is 5.64. The first-order valence-corrected chi connectivity index (χ1v) is 7.14. The summed E-state index contributed by atoms with van der Waals surface area (Å²) in [6, 6.07) is 7.11. The molecule has 0 unspecified atom stereocenters. The highest BCUT2D eigenvalue weighted by Crippen LogP contribution is 2.23. The summed E-state index contributed by atoms with van der Waals surface area (Å²) in [7, 11) is 0. The molecule has 2 rings (SSSR count). The molecule has 0 aliphatic heterocycles. The summed E-state index contributed by atoms with van der Waals surface area (Å²) in [5.74, 6) is -0.0333. The van der Waals surface area contributed by atoms with Crippen LogP contribution in [0.1, 0.15) is 22.8 Å². The van der Waals surface area contributed by atoms with Crippen molar-refractivity contribution in [2.75, 3.05) is 0 Å². The van der Waals surface area contributed by atoms with Gasteiger partial charge in [0, 0.05) is 5.56 Å². The maximum atomic E-state index is 11.6. The van der Waals surface area contributed by atoms with E-state index in [0.717, 1.165) is 7.40 Å². The minimum Gasteiger partial charge on any atom is -0.294 e. The lowest BCUT2D eigenvalue weighted by atomic mass is 10.1. The molecule has 0 fully saturated rings. The zero-order valence-electron chi connectivity index (χ0n) is 9.32. The number of ketones is 1. The molecule has 2 aromatic rings. The Morgan fingerprint density at radius 1 is 1.44 bits per heavy atom. The predicted molar refractivity (Wildman–Crippen MR) is 83.7 cm³/mol. The van der Waals surface area contributed by atoms with Gasteiger partial charge in [0.25, 0.3) is 0 Å². The standard InChI is InChI=1S/C12H7I2N3O/c1-7(18)9-3-2-8(5-15)4-10(9)17-6-16-11(13)12(17)14/h2-4,6H,1H3. The Labute approximate surface area is 131 Å². The van der Waals surface area contributed by atoms with E-state index in [4.69, 9.17) is 5.26 Å². The molecular weight excluding hydrogens is 456 g/mol. The smallest absolute Gasteiger partial charge is 0.161 e. The molecule has 1 heterocycles. The fourth-order valence-corrected chi connectivity index (χ4v) is 2.49. The highest BCUT2D eigenvalue weighted by molar-refractivity contribution is 14.1. The maximum absolute atomic E-state index is 11.6. The Kier molecular flexibility index (Phi) is 4.01. The first-order chi connectivity index (χ1) is 8.54. The van der Waals surface area contributed by atoms with Crippen molar-refractivity contribution in [2.24, 2.45) is 0 Å². The molecule has 0 spiro atoms. The topological polar surface area (TPSA) is 58.7 Å². The number of imidazole rings is 1. The van der Waals surface area contributed by atoms with E-state index in [0.29, 0.717) is 16.8 Å². The number of benzene rings is 1. The van der Waals surface area contributed by atoms with Crippen molar-refractivity contribution in [2.45, 2.75) is 6.92 Å². The maximum Gasteiger partial charge on any atom is 0.161 e. The van der Waals surface area contributed by atoms with Crippen molar-refractivity contribution in [1.29, 1.82) is 5.26 Å². The summed E-state index contributed by atoms with van der Waals surface area (Å²) in [5, 5.41) is 8.95. The highest BCUT2D eigenvalue weighted by atomic mass is 127. The fraction of sp³-hybridized carbons (Fsp3) is 0.0833. The molecular formula is C12H7I2N3O. The van der Waals surface area contributed by atoms with E-state index < -0.39 is 0 Å². The van der Waals surface area contributed by atoms with E-state index in [9.17, 15) is 4.79 Å². The summed E-state index contributed by atoms with van der Waals surface area (Å²) < 4.78 is 3.61. The second kappa shape index (κ2) is 5.36. The quantitative estimate of drug-likeness (QED) is 0.509. The van der Waals surface area contributed by atoms with Gasteiger partial charge >= 0.3 is 0 Å². The number of hydrogen-bond donors (Lipinski definition) is 0. The van der Waals surface area contributed by atoms with Gasteiger partial charge in [-0.2, -0.15) is 5.26 Å². The summed E-state index contributed by atoms with van der Waals surface area (Å²) in [4.78, 5) is 15.8. The number of halogens is 2. The number of Topliss-reactive ketones (excluding diaryl/α,β-unsaturated/α-hetero) is 1. The predicted octanol–water partition coefficient (Wildman–Crippen LogP) is 3.16. The van der Waals surface area contributed by atoms with Crippen LogP contribution in [-0.4, -0.2) is 15.3 Å². The fourth-order valence-electron chi connectivity index (χ4n) is 1.58. The van der Waals surface area contributed by atoms with Crippen LogP contribution in [0.4, 0.5) is 0 Å². The van der Waals surface area contributed by atoms with Crippen molar-refractivity contribution >= 4 is 51.0 Å². The van der Waals surface area contributed by atoms with E-state index in [1.165, 1.54) is 6.92 Å². The minimum absolute atomic E-state index is 0.0333. The molecule has 1 aromatic heterocycles. The molecule has 4 nitrogen and oxygen atoms in total. The van der Waals surface area contributed by atoms with Crippen LogP contribution in [0.3, 0.4) is 0 Å². The van der Waals surface area contributed by atoms with Crippen LogP contribution >= 0.6 is 45.2 Å². The van der Waals surface area contributed by atoms with Gasteiger partial charge < -0.3 is 0 Å². The molecule has 90 valence electrons. The van der Waals surface area contributed by atoms with Crippen LogP contribution in [0.5, 0.6) is 0 Å². The van der Waals surface area contributed by atoms with E-state index in [1.54, 1.807) is 24.5 Å². The van der Waals surface area contributed by atoms with Gasteiger partial charge in [0.1, 0.15) is 13.7 Å². The Balaban J connectivity index is 2.72. The third-order valence-electron chi connectivity index (χ3n) is 2.43. The van der Waals surface area contributed by atoms with Crippen molar-refractivity contribution in [3.05, 3.63) is 43.1 Å². The van der Waals surface area contributed by atoms with Gasteiger partial charge in [0.05, 0.1) is 17.3 Å². The van der Waals surface area contributed by atoms with Gasteiger partial charge in [-0.05, 0) is 70.3 Å². The molecule has 0 saturated carbocycles. The van der Waals surface area contributed by atoms with Crippen LogP contribution in [0.25, 0.3) is 5.69 Å². The van der Waals surface area contributed by atoms with Crippen LogP contribution < -0.4 is 0 Å². The number of aromatic nitrogens is 2. The third-order valence-corrected chi connectivity index (χ3v) is 5.29. The number of nitriles is 1. The second-order valence-electron chi connectivity index (χ2n) is 3.60. The van der Waals surface area contributed by atoms with Crippen molar-refractivity contribution < 1.29 is 4.79 Å². The van der Waals surface area contributed by atoms with E-state index in [-0.39, 0.29) is 5.78 Å². The van der Waals surface area contributed by atoms with Crippen molar-refractivity contribution in [1.82, 2.24) is 9.55 Å². The van der Waals surface area contributed by atoms with Crippen molar-refractivity contribution in [3.8, 4) is 11.8 Å². The third kappa shape index (κ3) is 2.42. The number of hydrogen-bond acceptors (Lipinski definition) is 3. The van der Waals surface area contributed by atoms with E-state index in [1.807, 2.05) is 4.57 Å². The Morgan fingerprint density at radius 2 is 2.17 bits per heavy atom. The molecule has 0 radical (unpaired) electrons. The van der Waals surface area contributed by atoms with Gasteiger partial charge in [-0.3, -0.25) is 9.36 Å². The molecule has 0 amide bonds. The Hall–Kier alpha value is -0.950. The molecule has 0 N–H and O–H groups in total. The van der Waals surface area contributed by atoms with Gasteiger partial charge in [0.2, 0.25) is 0 Å². The largest absolute Gasteiger partial charge is 0.294 e. The number of carbonyl (C=O) groups is 1. The number of nitrogens with zero attached hydrogens (tertiary/aromatic N) is 3. The molecule has 0 aliphatic rings. The zero-order chi connectivity index (χ0) is 13.3. The van der Waals surface area contributed by atoms with E-state index in [2.05, 4.69) is 56.2 Å². The molecule has 6 heteroatoms. The monoisotopic (exact) mass is 463 g/mol. The SMILES string of the molecule is CC(=O)c1ccc(C#N)cc1-n1cnc(I)c1I. The van der Waals surface area contributed by atoms with Crippen molar-refractivity contribution in [3.63, 3.8) is 0 Å². The molecule has 18 heavy (non-hydrogen) atoms. The molecule has 0 saturated heterocycles. The number of rotatable bonds is 2. The van der Waals surface area contributed by atoms with Crippen LogP contribution in [0.2, 0.25) is 0 Å². The lowest BCUT2D eigenvalue weighted by Crippen LogP contribution is -2.05. The van der Waals surface area contributed by atoms with Gasteiger partial charge in [-0.25, -0.2) is 4.98 Å². The minimum atomic E-state index is -0.0333. The normalized spacial score (nSPS) is 10.1. The zero-order valence-corrected chi connectivity index (χ0v) is 13.6. The summed E-state index contributed by atoms with van der Waals surface area (Å²) in [5.41, 5.74) is 1.80. The summed E-state index contributed by atoms with van der Waals surface area (Å²) in [6.07, 6.45) is 1.66. The van der Waals surface area contributed by atoms with Gasteiger partial charge in [0.15, 0.2) is 5.78 Å². The molecule has 0 bridgehead atoms. The Morgan fingerprint density at radius 3 is 2.67 bits per heavy atom.